The highest BCUT2D eigenvalue weighted by Gasteiger charge is 2.33. The van der Waals surface area contributed by atoms with Crippen LogP contribution in [0.1, 0.15) is 52.1 Å². The lowest BCUT2D eigenvalue weighted by Gasteiger charge is -2.36. The maximum atomic E-state index is 13.4. The summed E-state index contributed by atoms with van der Waals surface area (Å²) < 4.78 is 0. The van der Waals surface area contributed by atoms with Crippen molar-refractivity contribution in [3.63, 3.8) is 0 Å². The van der Waals surface area contributed by atoms with E-state index in [-0.39, 0.29) is 11.9 Å². The van der Waals surface area contributed by atoms with Crippen LogP contribution in [0, 0.1) is 5.92 Å². The summed E-state index contributed by atoms with van der Waals surface area (Å²) in [6.07, 6.45) is 2.26. The van der Waals surface area contributed by atoms with Crippen molar-refractivity contribution in [2.45, 2.75) is 46.6 Å². The Kier molecular flexibility index (Phi) is 6.60. The first-order chi connectivity index (χ1) is 13.4. The van der Waals surface area contributed by atoms with E-state index >= 15 is 0 Å². The lowest BCUT2D eigenvalue weighted by Crippen LogP contribution is -2.49. The molecule has 3 rings (SSSR count). The molecule has 1 aromatic carbocycles. The molecule has 0 radical (unpaired) electrons. The number of thiocarbonyl (C=S) groups is 1. The molecule has 1 saturated heterocycles. The molecule has 5 nitrogen and oxygen atoms in total. The minimum atomic E-state index is -0.218. The van der Waals surface area contributed by atoms with Gasteiger partial charge in [0.1, 0.15) is 0 Å². The van der Waals surface area contributed by atoms with Crippen molar-refractivity contribution in [1.29, 1.82) is 0 Å². The zero-order valence-corrected chi connectivity index (χ0v) is 18.2. The molecule has 2 aliphatic heterocycles. The molecule has 152 valence electrons. The van der Waals surface area contributed by atoms with Gasteiger partial charge >= 0.3 is 0 Å². The van der Waals surface area contributed by atoms with Gasteiger partial charge in [-0.3, -0.25) is 4.79 Å². The van der Waals surface area contributed by atoms with Crippen LogP contribution in [0.3, 0.4) is 0 Å². The van der Waals surface area contributed by atoms with Gasteiger partial charge in [-0.25, -0.2) is 0 Å². The topological polar surface area (TPSA) is 47.6 Å². The number of rotatable bonds is 5. The Balaban J connectivity index is 1.90. The molecule has 0 aromatic heterocycles. The predicted octanol–water partition coefficient (Wildman–Crippen LogP) is 3.58. The largest absolute Gasteiger partial charge is 0.372 e. The molecule has 2 aliphatic rings. The van der Waals surface area contributed by atoms with Gasteiger partial charge in [-0.15, -0.1) is 0 Å². The monoisotopic (exact) mass is 400 g/mol. The third kappa shape index (κ3) is 4.32. The molecular formula is C22H32N4OS. The van der Waals surface area contributed by atoms with Crippen molar-refractivity contribution in [3.05, 3.63) is 41.1 Å². The number of hydrogen-bond acceptors (Lipinski definition) is 3. The van der Waals surface area contributed by atoms with Crippen LogP contribution >= 0.6 is 12.2 Å². The molecule has 2 heterocycles. The van der Waals surface area contributed by atoms with Crippen molar-refractivity contribution >= 4 is 28.9 Å². The fourth-order valence-electron chi connectivity index (χ4n) is 4.24. The van der Waals surface area contributed by atoms with Gasteiger partial charge in [-0.1, -0.05) is 19.1 Å². The molecule has 0 saturated carbocycles. The molecule has 1 aromatic rings. The molecule has 1 amide bonds. The highest BCUT2D eigenvalue weighted by molar-refractivity contribution is 7.80. The van der Waals surface area contributed by atoms with Crippen molar-refractivity contribution in [2.75, 3.05) is 31.1 Å². The van der Waals surface area contributed by atoms with Gasteiger partial charge in [0.25, 0.3) is 5.91 Å². The van der Waals surface area contributed by atoms with Crippen LogP contribution in [0.25, 0.3) is 0 Å². The maximum absolute atomic E-state index is 13.4. The number of nitrogens with zero attached hydrogens (tertiary/aromatic N) is 2. The van der Waals surface area contributed by atoms with Gasteiger partial charge in [0, 0.05) is 37.6 Å². The summed E-state index contributed by atoms with van der Waals surface area (Å²) in [5.41, 5.74) is 3.89. The van der Waals surface area contributed by atoms with E-state index in [1.54, 1.807) is 0 Å². The number of hydrogen-bond donors (Lipinski definition) is 2. The van der Waals surface area contributed by atoms with E-state index in [2.05, 4.69) is 60.6 Å². The zero-order valence-electron chi connectivity index (χ0n) is 17.4. The number of amides is 1. The molecule has 2 N–H and O–H groups in total. The van der Waals surface area contributed by atoms with E-state index in [9.17, 15) is 4.79 Å². The third-order valence-corrected chi connectivity index (χ3v) is 6.02. The number of likely N-dealkylation sites (tertiary alicyclic amines) is 1. The van der Waals surface area contributed by atoms with E-state index in [1.807, 2.05) is 11.8 Å². The molecular weight excluding hydrogens is 368 g/mol. The number of carbonyl (C=O) groups excluding carboxylic acids is 1. The minimum absolute atomic E-state index is 0.115. The zero-order chi connectivity index (χ0) is 20.3. The normalized spacial score (nSPS) is 22.6. The number of allylic oxidation sites excluding steroid dienone is 1. The second-order valence-corrected chi connectivity index (χ2v) is 8.24. The van der Waals surface area contributed by atoms with Crippen LogP contribution in [0.2, 0.25) is 0 Å². The first-order valence-corrected chi connectivity index (χ1v) is 10.8. The van der Waals surface area contributed by atoms with E-state index < -0.39 is 0 Å². The predicted molar refractivity (Wildman–Crippen MR) is 119 cm³/mol. The van der Waals surface area contributed by atoms with Crippen molar-refractivity contribution in [3.8, 4) is 0 Å². The van der Waals surface area contributed by atoms with Gasteiger partial charge < -0.3 is 20.4 Å². The van der Waals surface area contributed by atoms with Gasteiger partial charge in [0.05, 0.1) is 11.6 Å². The summed E-state index contributed by atoms with van der Waals surface area (Å²) in [4.78, 5) is 17.7. The second kappa shape index (κ2) is 8.95. The summed E-state index contributed by atoms with van der Waals surface area (Å²) in [6, 6.07) is 8.27. The van der Waals surface area contributed by atoms with Crippen LogP contribution in [-0.4, -0.2) is 42.1 Å². The quantitative estimate of drug-likeness (QED) is 0.740. The Hall–Kier alpha value is -2.08. The number of benzene rings is 1. The smallest absolute Gasteiger partial charge is 0.253 e. The molecule has 6 heteroatoms. The standard InChI is InChI=1S/C22H32N4OS/c1-5-25(6-2)18-11-9-17(10-12-18)20-19(16(4)23-22(28)24-20)21(27)26-13-7-8-15(3)14-26/h9-12,15,20H,5-8,13-14H2,1-4H3,(H2,23,24,28). The Morgan fingerprint density at radius 2 is 1.93 bits per heavy atom. The summed E-state index contributed by atoms with van der Waals surface area (Å²) in [7, 11) is 0. The number of nitrogens with one attached hydrogen (secondary N) is 2. The van der Waals surface area contributed by atoms with E-state index in [0.29, 0.717) is 11.0 Å². The number of piperidine rings is 1. The van der Waals surface area contributed by atoms with Crippen LogP contribution in [0.15, 0.2) is 35.5 Å². The van der Waals surface area contributed by atoms with Crippen LogP contribution in [0.4, 0.5) is 5.69 Å². The van der Waals surface area contributed by atoms with E-state index in [1.165, 1.54) is 12.1 Å². The van der Waals surface area contributed by atoms with E-state index in [4.69, 9.17) is 12.2 Å². The summed E-state index contributed by atoms with van der Waals surface area (Å²) >= 11 is 5.39. The first-order valence-electron chi connectivity index (χ1n) is 10.4. The average molecular weight is 401 g/mol. The average Bonchev–Trinajstić information content (AvgIpc) is 2.68. The Morgan fingerprint density at radius 1 is 1.25 bits per heavy atom. The number of anilines is 1. The summed E-state index contributed by atoms with van der Waals surface area (Å²) in [5, 5.41) is 7.04. The Labute approximate surface area is 174 Å². The van der Waals surface area contributed by atoms with Gasteiger partial charge in [-0.2, -0.15) is 0 Å². The van der Waals surface area contributed by atoms with E-state index in [0.717, 1.165) is 49.4 Å². The molecule has 2 atom stereocenters. The second-order valence-electron chi connectivity index (χ2n) is 7.83. The molecule has 2 unspecified atom stereocenters. The highest BCUT2D eigenvalue weighted by Crippen LogP contribution is 2.31. The van der Waals surface area contributed by atoms with Crippen LogP contribution in [-0.2, 0) is 4.79 Å². The Bertz CT molecular complexity index is 754. The van der Waals surface area contributed by atoms with Crippen molar-refractivity contribution in [1.82, 2.24) is 15.5 Å². The molecule has 1 fully saturated rings. The van der Waals surface area contributed by atoms with Crippen molar-refractivity contribution < 1.29 is 4.79 Å². The molecule has 0 spiro atoms. The van der Waals surface area contributed by atoms with Gasteiger partial charge in [-0.05, 0) is 69.4 Å². The van der Waals surface area contributed by atoms with Crippen molar-refractivity contribution in [2.24, 2.45) is 5.92 Å². The summed E-state index contributed by atoms with van der Waals surface area (Å²) in [5.74, 6) is 0.667. The lowest BCUT2D eigenvalue weighted by molar-refractivity contribution is -0.129. The maximum Gasteiger partial charge on any atom is 0.253 e. The van der Waals surface area contributed by atoms with Crippen LogP contribution < -0.4 is 15.5 Å². The van der Waals surface area contributed by atoms with Gasteiger partial charge in [0.15, 0.2) is 5.11 Å². The molecule has 0 aliphatic carbocycles. The molecule has 28 heavy (non-hydrogen) atoms. The first kappa shape index (κ1) is 20.6. The third-order valence-electron chi connectivity index (χ3n) is 5.80. The minimum Gasteiger partial charge on any atom is -0.372 e. The van der Waals surface area contributed by atoms with Crippen LogP contribution in [0.5, 0.6) is 0 Å². The highest BCUT2D eigenvalue weighted by atomic mass is 32.1. The SMILES string of the molecule is CCN(CC)c1ccc(C2NC(=S)NC(C)=C2C(=O)N2CCCC(C)C2)cc1. The Morgan fingerprint density at radius 3 is 2.54 bits per heavy atom. The lowest BCUT2D eigenvalue weighted by atomic mass is 9.92. The molecule has 0 bridgehead atoms. The number of carbonyl (C=O) groups is 1. The fraction of sp³-hybridized carbons (Fsp3) is 0.545. The summed E-state index contributed by atoms with van der Waals surface area (Å²) in [6.45, 7) is 12.1. The fourth-order valence-corrected chi connectivity index (χ4v) is 4.51. The van der Waals surface area contributed by atoms with Gasteiger partial charge in [0.2, 0.25) is 0 Å².